The van der Waals surface area contributed by atoms with Crippen LogP contribution < -0.4 is 5.32 Å². The van der Waals surface area contributed by atoms with E-state index in [1.165, 1.54) is 24.8 Å². The van der Waals surface area contributed by atoms with E-state index in [0.29, 0.717) is 18.7 Å². The third-order valence-corrected chi connectivity index (χ3v) is 7.46. The number of hydrogen-bond donors (Lipinski definition) is 1. The molecule has 6 heteroatoms. The summed E-state index contributed by atoms with van der Waals surface area (Å²) in [4.78, 5) is 28.3. The lowest BCUT2D eigenvalue weighted by atomic mass is 9.95. The van der Waals surface area contributed by atoms with Crippen molar-refractivity contribution in [1.82, 2.24) is 10.2 Å². The molecule has 1 aliphatic rings. The van der Waals surface area contributed by atoms with Crippen LogP contribution in [0.15, 0.2) is 59.1 Å². The monoisotopic (exact) mass is 516 g/mol. The van der Waals surface area contributed by atoms with Gasteiger partial charge >= 0.3 is 0 Å². The highest BCUT2D eigenvalue weighted by molar-refractivity contribution is 9.10. The molecule has 0 unspecified atom stereocenters. The second kappa shape index (κ2) is 13.0. The first-order chi connectivity index (χ1) is 15.6. The summed E-state index contributed by atoms with van der Waals surface area (Å²) in [7, 11) is 0. The molecule has 0 aromatic heterocycles. The summed E-state index contributed by atoms with van der Waals surface area (Å²) in [5.41, 5.74) is 2.23. The fourth-order valence-corrected chi connectivity index (χ4v) is 5.30. The van der Waals surface area contributed by atoms with Crippen molar-refractivity contribution in [3.05, 3.63) is 70.2 Å². The number of thioether (sulfide) groups is 1. The molecular formula is C26H33BrN2O2S. The molecule has 4 nitrogen and oxygen atoms in total. The van der Waals surface area contributed by atoms with Crippen molar-refractivity contribution in [2.45, 2.75) is 69.8 Å². The molecule has 1 aliphatic carbocycles. The topological polar surface area (TPSA) is 49.4 Å². The maximum atomic E-state index is 13.3. The van der Waals surface area contributed by atoms with Gasteiger partial charge in [0.2, 0.25) is 11.8 Å². The Balaban J connectivity index is 1.66. The lowest BCUT2D eigenvalue weighted by molar-refractivity contribution is -0.139. The third kappa shape index (κ3) is 7.66. The molecule has 2 amide bonds. The van der Waals surface area contributed by atoms with Crippen LogP contribution in [0.2, 0.25) is 0 Å². The van der Waals surface area contributed by atoms with E-state index in [1.807, 2.05) is 49.4 Å². The van der Waals surface area contributed by atoms with Gasteiger partial charge in [-0.05, 0) is 42.5 Å². The number of hydrogen-bond acceptors (Lipinski definition) is 3. The standard InChI is InChI=1S/C26H33BrN2O2S/c1-2-24(26(31)28-23-11-7-4-8-12-23)29(17-20-9-5-3-6-10-20)25(30)19-32-18-21-13-15-22(27)16-14-21/h3,5-6,9-10,13-16,23-24H,2,4,7-8,11-12,17-19H2,1H3,(H,28,31)/t24-/m0/s1. The van der Waals surface area contributed by atoms with Crippen LogP contribution in [0, 0.1) is 0 Å². The highest BCUT2D eigenvalue weighted by Crippen LogP contribution is 2.21. The summed E-state index contributed by atoms with van der Waals surface area (Å²) in [6, 6.07) is 17.9. The van der Waals surface area contributed by atoms with E-state index in [4.69, 9.17) is 0 Å². The van der Waals surface area contributed by atoms with Crippen LogP contribution in [-0.4, -0.2) is 34.6 Å². The quantitative estimate of drug-likeness (QED) is 0.425. The Kier molecular flexibility index (Phi) is 10.1. The molecule has 0 saturated heterocycles. The average Bonchev–Trinajstić information content (AvgIpc) is 2.81. The molecule has 0 aliphatic heterocycles. The number of rotatable bonds is 10. The van der Waals surface area contributed by atoms with Gasteiger partial charge in [0, 0.05) is 22.8 Å². The number of carbonyl (C=O) groups excluding carboxylic acids is 2. The molecule has 172 valence electrons. The van der Waals surface area contributed by atoms with E-state index in [1.54, 1.807) is 16.7 Å². The third-order valence-electron chi connectivity index (χ3n) is 5.94. The zero-order valence-corrected chi connectivity index (χ0v) is 21.2. The van der Waals surface area contributed by atoms with Gasteiger partial charge in [0.15, 0.2) is 0 Å². The largest absolute Gasteiger partial charge is 0.352 e. The van der Waals surface area contributed by atoms with Gasteiger partial charge in [-0.1, -0.05) is 84.6 Å². The van der Waals surface area contributed by atoms with E-state index < -0.39 is 6.04 Å². The predicted octanol–water partition coefficient (Wildman–Crippen LogP) is 5.94. The normalized spacial score (nSPS) is 15.2. The van der Waals surface area contributed by atoms with Gasteiger partial charge in [-0.3, -0.25) is 9.59 Å². The van der Waals surface area contributed by atoms with Crippen molar-refractivity contribution in [1.29, 1.82) is 0 Å². The number of nitrogens with one attached hydrogen (secondary N) is 1. The predicted molar refractivity (Wildman–Crippen MR) is 136 cm³/mol. The lowest BCUT2D eigenvalue weighted by Gasteiger charge is -2.32. The second-order valence-corrected chi connectivity index (χ2v) is 10.3. The summed E-state index contributed by atoms with van der Waals surface area (Å²) in [6.07, 6.45) is 6.27. The van der Waals surface area contributed by atoms with Gasteiger partial charge < -0.3 is 10.2 Å². The molecule has 32 heavy (non-hydrogen) atoms. The molecule has 0 bridgehead atoms. The number of benzene rings is 2. The Hall–Kier alpha value is -1.79. The van der Waals surface area contributed by atoms with Crippen molar-refractivity contribution < 1.29 is 9.59 Å². The van der Waals surface area contributed by atoms with Crippen molar-refractivity contribution in [2.24, 2.45) is 0 Å². The van der Waals surface area contributed by atoms with E-state index >= 15 is 0 Å². The van der Waals surface area contributed by atoms with E-state index in [0.717, 1.165) is 28.6 Å². The summed E-state index contributed by atoms with van der Waals surface area (Å²) in [6.45, 7) is 2.44. The van der Waals surface area contributed by atoms with Crippen LogP contribution in [0.3, 0.4) is 0 Å². The van der Waals surface area contributed by atoms with Gasteiger partial charge in [-0.25, -0.2) is 0 Å². The van der Waals surface area contributed by atoms with Gasteiger partial charge in [-0.15, -0.1) is 11.8 Å². The Morgan fingerprint density at radius 1 is 1.03 bits per heavy atom. The first-order valence-electron chi connectivity index (χ1n) is 11.5. The fourth-order valence-electron chi connectivity index (χ4n) is 4.16. The molecule has 1 saturated carbocycles. The molecule has 3 rings (SSSR count). The molecular weight excluding hydrogens is 484 g/mol. The molecule has 2 aromatic rings. The summed E-state index contributed by atoms with van der Waals surface area (Å²) in [5.74, 6) is 1.13. The van der Waals surface area contributed by atoms with Gasteiger partial charge in [-0.2, -0.15) is 0 Å². The fraction of sp³-hybridized carbons (Fsp3) is 0.462. The van der Waals surface area contributed by atoms with E-state index in [2.05, 4.69) is 33.4 Å². The molecule has 0 radical (unpaired) electrons. The Labute approximate surface area is 204 Å². The highest BCUT2D eigenvalue weighted by Gasteiger charge is 2.30. The number of halogens is 1. The first-order valence-corrected chi connectivity index (χ1v) is 13.5. The Morgan fingerprint density at radius 2 is 1.72 bits per heavy atom. The van der Waals surface area contributed by atoms with Crippen molar-refractivity contribution >= 4 is 39.5 Å². The van der Waals surface area contributed by atoms with Crippen LogP contribution in [-0.2, 0) is 21.9 Å². The van der Waals surface area contributed by atoms with Crippen LogP contribution in [0.5, 0.6) is 0 Å². The van der Waals surface area contributed by atoms with Crippen LogP contribution in [0.4, 0.5) is 0 Å². The molecule has 1 fully saturated rings. The van der Waals surface area contributed by atoms with Crippen LogP contribution in [0.1, 0.15) is 56.6 Å². The Morgan fingerprint density at radius 3 is 2.38 bits per heavy atom. The molecule has 0 spiro atoms. The zero-order valence-electron chi connectivity index (χ0n) is 18.8. The van der Waals surface area contributed by atoms with Gasteiger partial charge in [0.1, 0.15) is 6.04 Å². The molecule has 2 aromatic carbocycles. The van der Waals surface area contributed by atoms with Gasteiger partial charge in [0.25, 0.3) is 0 Å². The Bertz CT molecular complexity index is 854. The summed E-state index contributed by atoms with van der Waals surface area (Å²) >= 11 is 5.05. The summed E-state index contributed by atoms with van der Waals surface area (Å²) in [5, 5.41) is 3.23. The van der Waals surface area contributed by atoms with Crippen LogP contribution in [0.25, 0.3) is 0 Å². The maximum absolute atomic E-state index is 13.3. The van der Waals surface area contributed by atoms with Crippen LogP contribution >= 0.6 is 27.7 Å². The van der Waals surface area contributed by atoms with Crippen molar-refractivity contribution in [2.75, 3.05) is 5.75 Å². The minimum Gasteiger partial charge on any atom is -0.352 e. The number of carbonyl (C=O) groups is 2. The summed E-state index contributed by atoms with van der Waals surface area (Å²) < 4.78 is 1.05. The van der Waals surface area contributed by atoms with Gasteiger partial charge in [0.05, 0.1) is 5.75 Å². The maximum Gasteiger partial charge on any atom is 0.243 e. The average molecular weight is 518 g/mol. The van der Waals surface area contributed by atoms with E-state index in [9.17, 15) is 9.59 Å². The molecule has 1 N–H and O–H groups in total. The number of nitrogens with zero attached hydrogens (tertiary/aromatic N) is 1. The molecule has 1 atom stereocenters. The van der Waals surface area contributed by atoms with Crippen molar-refractivity contribution in [3.8, 4) is 0 Å². The SMILES string of the molecule is CC[C@@H](C(=O)NC1CCCCC1)N(Cc1ccccc1)C(=O)CSCc1ccc(Br)cc1. The number of amides is 2. The second-order valence-electron chi connectivity index (χ2n) is 8.39. The lowest BCUT2D eigenvalue weighted by Crippen LogP contribution is -2.52. The van der Waals surface area contributed by atoms with Crippen molar-refractivity contribution in [3.63, 3.8) is 0 Å². The highest BCUT2D eigenvalue weighted by atomic mass is 79.9. The molecule has 0 heterocycles. The van der Waals surface area contributed by atoms with E-state index in [-0.39, 0.29) is 17.9 Å². The first kappa shape index (κ1) is 24.8. The minimum absolute atomic E-state index is 0.0124. The minimum atomic E-state index is -0.446. The smallest absolute Gasteiger partial charge is 0.243 e. The zero-order chi connectivity index (χ0) is 22.8.